The zero-order chi connectivity index (χ0) is 14.3. The molecule has 0 aliphatic rings. The summed E-state index contributed by atoms with van der Waals surface area (Å²) in [5.41, 5.74) is 2.31. The number of rotatable bonds is 7. The molecule has 0 fully saturated rings. The van der Waals surface area contributed by atoms with Gasteiger partial charge in [-0.1, -0.05) is 56.7 Å². The van der Waals surface area contributed by atoms with E-state index in [9.17, 15) is 4.79 Å². The number of hydrogen-bond acceptors (Lipinski definition) is 2. The van der Waals surface area contributed by atoms with Crippen molar-refractivity contribution in [3.63, 3.8) is 0 Å². The van der Waals surface area contributed by atoms with Gasteiger partial charge in [-0.3, -0.25) is 4.79 Å². The number of ketones is 1. The Morgan fingerprint density at radius 3 is 2.32 bits per heavy atom. The molecule has 0 aromatic heterocycles. The van der Waals surface area contributed by atoms with Crippen molar-refractivity contribution in [2.45, 2.75) is 27.7 Å². The normalized spacial score (nSPS) is 13.1. The van der Waals surface area contributed by atoms with Crippen LogP contribution in [0.15, 0.2) is 30.3 Å². The minimum atomic E-state index is 0.0570. The Hall–Kier alpha value is -1.41. The van der Waals surface area contributed by atoms with Gasteiger partial charge in [0.25, 0.3) is 0 Å². The van der Waals surface area contributed by atoms with Gasteiger partial charge in [0.2, 0.25) is 0 Å². The Kier molecular flexibility index (Phi) is 6.51. The molecule has 19 heavy (non-hydrogen) atoms. The Morgan fingerprint density at radius 1 is 1.21 bits per heavy atom. The summed E-state index contributed by atoms with van der Waals surface area (Å²) in [7, 11) is 0. The van der Waals surface area contributed by atoms with Crippen LogP contribution >= 0.6 is 0 Å². The molecule has 1 atom stereocenters. The lowest BCUT2D eigenvalue weighted by Crippen LogP contribution is -2.31. The SMILES string of the molecule is CCN(CC)CC(C)C(=O)/C=C/c1ccc(C)cc1. The minimum Gasteiger partial charge on any atom is -0.303 e. The van der Waals surface area contributed by atoms with Crippen LogP contribution in [-0.2, 0) is 4.79 Å². The summed E-state index contributed by atoms with van der Waals surface area (Å²) in [6, 6.07) is 8.19. The van der Waals surface area contributed by atoms with Gasteiger partial charge in [0.15, 0.2) is 5.78 Å². The Bertz CT molecular complexity index is 415. The van der Waals surface area contributed by atoms with E-state index in [4.69, 9.17) is 0 Å². The highest BCUT2D eigenvalue weighted by molar-refractivity contribution is 5.95. The van der Waals surface area contributed by atoms with Crippen LogP contribution in [0.4, 0.5) is 0 Å². The highest BCUT2D eigenvalue weighted by atomic mass is 16.1. The molecule has 0 saturated carbocycles. The van der Waals surface area contributed by atoms with Gasteiger partial charge in [-0.05, 0) is 31.7 Å². The van der Waals surface area contributed by atoms with Gasteiger partial charge in [-0.25, -0.2) is 0 Å². The number of carbonyl (C=O) groups is 1. The second-order valence-electron chi connectivity index (χ2n) is 5.03. The molecule has 2 heteroatoms. The van der Waals surface area contributed by atoms with Crippen LogP contribution in [0, 0.1) is 12.8 Å². The van der Waals surface area contributed by atoms with Gasteiger partial charge in [-0.2, -0.15) is 0 Å². The number of benzene rings is 1. The van der Waals surface area contributed by atoms with Gasteiger partial charge in [-0.15, -0.1) is 0 Å². The lowest BCUT2D eigenvalue weighted by Gasteiger charge is -2.20. The van der Waals surface area contributed by atoms with Crippen LogP contribution in [-0.4, -0.2) is 30.3 Å². The molecule has 0 heterocycles. The Balaban J connectivity index is 2.56. The standard InChI is InChI=1S/C17H25NO/c1-5-18(6-2)13-15(4)17(19)12-11-16-9-7-14(3)8-10-16/h7-12,15H,5-6,13H2,1-4H3/b12-11+. The van der Waals surface area contributed by atoms with E-state index in [1.807, 2.05) is 25.1 Å². The van der Waals surface area contributed by atoms with E-state index in [-0.39, 0.29) is 11.7 Å². The second kappa shape index (κ2) is 7.90. The highest BCUT2D eigenvalue weighted by Crippen LogP contribution is 2.07. The van der Waals surface area contributed by atoms with Gasteiger partial charge in [0.1, 0.15) is 0 Å². The zero-order valence-corrected chi connectivity index (χ0v) is 12.5. The maximum atomic E-state index is 12.0. The topological polar surface area (TPSA) is 20.3 Å². The predicted octanol–water partition coefficient (Wildman–Crippen LogP) is 3.56. The molecular formula is C17H25NO. The summed E-state index contributed by atoms with van der Waals surface area (Å²) in [5.74, 6) is 0.258. The average Bonchev–Trinajstić information content (AvgIpc) is 2.43. The number of hydrogen-bond donors (Lipinski definition) is 0. The first kappa shape index (κ1) is 15.6. The van der Waals surface area contributed by atoms with Crippen LogP contribution < -0.4 is 0 Å². The quantitative estimate of drug-likeness (QED) is 0.698. The van der Waals surface area contributed by atoms with Gasteiger partial charge in [0.05, 0.1) is 0 Å². The van der Waals surface area contributed by atoms with Gasteiger partial charge >= 0.3 is 0 Å². The molecule has 0 aliphatic heterocycles. The van der Waals surface area contributed by atoms with E-state index in [2.05, 4.69) is 37.8 Å². The van der Waals surface area contributed by atoms with E-state index in [0.717, 1.165) is 25.2 Å². The molecule has 0 spiro atoms. The second-order valence-corrected chi connectivity index (χ2v) is 5.03. The summed E-state index contributed by atoms with van der Waals surface area (Å²) in [6.45, 7) is 11.1. The smallest absolute Gasteiger partial charge is 0.159 e. The molecule has 1 unspecified atom stereocenters. The van der Waals surface area contributed by atoms with Crippen molar-refractivity contribution in [2.24, 2.45) is 5.92 Å². The van der Waals surface area contributed by atoms with E-state index < -0.39 is 0 Å². The maximum Gasteiger partial charge on any atom is 0.159 e. The molecule has 2 nitrogen and oxygen atoms in total. The van der Waals surface area contributed by atoms with E-state index in [1.165, 1.54) is 5.56 Å². The molecule has 0 N–H and O–H groups in total. The summed E-state index contributed by atoms with van der Waals surface area (Å²) in [4.78, 5) is 14.3. The third kappa shape index (κ3) is 5.39. The lowest BCUT2D eigenvalue weighted by molar-refractivity contribution is -0.118. The predicted molar refractivity (Wildman–Crippen MR) is 82.2 cm³/mol. The van der Waals surface area contributed by atoms with Crippen LogP contribution in [0.3, 0.4) is 0 Å². The molecule has 0 saturated heterocycles. The Morgan fingerprint density at radius 2 is 1.79 bits per heavy atom. The zero-order valence-electron chi connectivity index (χ0n) is 12.5. The van der Waals surface area contributed by atoms with Crippen molar-refractivity contribution in [1.82, 2.24) is 4.90 Å². The summed E-state index contributed by atoms with van der Waals surface area (Å²) >= 11 is 0. The van der Waals surface area contributed by atoms with E-state index in [0.29, 0.717) is 0 Å². The molecule has 104 valence electrons. The molecule has 1 rings (SSSR count). The monoisotopic (exact) mass is 259 g/mol. The molecule has 0 bridgehead atoms. The molecule has 0 aliphatic carbocycles. The average molecular weight is 259 g/mol. The molecule has 0 radical (unpaired) electrons. The van der Waals surface area contributed by atoms with Crippen molar-refractivity contribution in [1.29, 1.82) is 0 Å². The number of nitrogens with zero attached hydrogens (tertiary/aromatic N) is 1. The fraction of sp³-hybridized carbons (Fsp3) is 0.471. The molecular weight excluding hydrogens is 234 g/mol. The maximum absolute atomic E-state index is 12.0. The summed E-state index contributed by atoms with van der Waals surface area (Å²) in [5, 5.41) is 0. The fourth-order valence-electron chi connectivity index (χ4n) is 1.98. The first-order valence-electron chi connectivity index (χ1n) is 7.07. The van der Waals surface area contributed by atoms with E-state index >= 15 is 0 Å². The molecule has 0 amide bonds. The van der Waals surface area contributed by atoms with Crippen molar-refractivity contribution in [3.05, 3.63) is 41.5 Å². The Labute approximate surface area is 117 Å². The van der Waals surface area contributed by atoms with Gasteiger partial charge < -0.3 is 4.90 Å². The van der Waals surface area contributed by atoms with E-state index in [1.54, 1.807) is 6.08 Å². The van der Waals surface area contributed by atoms with Crippen LogP contribution in [0.25, 0.3) is 6.08 Å². The number of aryl methyl sites for hydroxylation is 1. The largest absolute Gasteiger partial charge is 0.303 e. The van der Waals surface area contributed by atoms with Crippen LogP contribution in [0.5, 0.6) is 0 Å². The fourth-order valence-corrected chi connectivity index (χ4v) is 1.98. The third-order valence-electron chi connectivity index (χ3n) is 3.43. The minimum absolute atomic E-state index is 0.0570. The van der Waals surface area contributed by atoms with Crippen molar-refractivity contribution >= 4 is 11.9 Å². The third-order valence-corrected chi connectivity index (χ3v) is 3.43. The first-order chi connectivity index (χ1) is 9.06. The van der Waals surface area contributed by atoms with Crippen LogP contribution in [0.1, 0.15) is 31.9 Å². The van der Waals surface area contributed by atoms with Crippen molar-refractivity contribution in [2.75, 3.05) is 19.6 Å². The van der Waals surface area contributed by atoms with Gasteiger partial charge in [0, 0.05) is 12.5 Å². The van der Waals surface area contributed by atoms with Crippen LogP contribution in [0.2, 0.25) is 0 Å². The highest BCUT2D eigenvalue weighted by Gasteiger charge is 2.12. The lowest BCUT2D eigenvalue weighted by atomic mass is 10.0. The number of allylic oxidation sites excluding steroid dienone is 1. The number of carbonyl (C=O) groups excluding carboxylic acids is 1. The summed E-state index contributed by atoms with van der Waals surface area (Å²) in [6.07, 6.45) is 3.61. The first-order valence-corrected chi connectivity index (χ1v) is 7.07. The van der Waals surface area contributed by atoms with Crippen molar-refractivity contribution in [3.8, 4) is 0 Å². The summed E-state index contributed by atoms with van der Waals surface area (Å²) < 4.78 is 0. The van der Waals surface area contributed by atoms with Crippen molar-refractivity contribution < 1.29 is 4.79 Å². The molecule has 1 aromatic rings. The molecule has 1 aromatic carbocycles.